The van der Waals surface area contributed by atoms with Crippen molar-refractivity contribution in [3.63, 3.8) is 0 Å². The second-order valence-electron chi connectivity index (χ2n) is 2.79. The minimum Gasteiger partial charge on any atom is -0.0651 e. The highest BCUT2D eigenvalue weighted by Crippen LogP contribution is 2.20. The van der Waals surface area contributed by atoms with Crippen LogP contribution in [0, 0.1) is 18.3 Å². The van der Waals surface area contributed by atoms with Crippen LogP contribution in [-0.4, -0.2) is 0 Å². The summed E-state index contributed by atoms with van der Waals surface area (Å²) in [6.45, 7) is 9.02. The Labute approximate surface area is 59.7 Å². The largest absolute Gasteiger partial charge is 0.0651 e. The molecule has 0 saturated carbocycles. The fourth-order valence-corrected chi connectivity index (χ4v) is 1.27. The maximum atomic E-state index is 2.33. The molecule has 0 saturated heterocycles. The topological polar surface area (TPSA) is 0 Å². The SMILES string of the molecule is C[CH]C(CC)C(C)CC. The Bertz CT molecular complexity index is 53.1. The van der Waals surface area contributed by atoms with Crippen LogP contribution in [-0.2, 0) is 0 Å². The van der Waals surface area contributed by atoms with E-state index in [1.165, 1.54) is 12.8 Å². The van der Waals surface area contributed by atoms with Crippen molar-refractivity contribution < 1.29 is 0 Å². The lowest BCUT2D eigenvalue weighted by Crippen LogP contribution is -2.08. The molecule has 0 aromatic heterocycles. The zero-order valence-corrected chi connectivity index (χ0v) is 7.15. The molecule has 0 heteroatoms. The Kier molecular flexibility index (Phi) is 4.84. The van der Waals surface area contributed by atoms with E-state index in [9.17, 15) is 0 Å². The monoisotopic (exact) mass is 127 g/mol. The third-order valence-electron chi connectivity index (χ3n) is 2.27. The van der Waals surface area contributed by atoms with Crippen LogP contribution in [0.4, 0.5) is 0 Å². The van der Waals surface area contributed by atoms with Gasteiger partial charge in [0.15, 0.2) is 0 Å². The van der Waals surface area contributed by atoms with Crippen molar-refractivity contribution in [3.8, 4) is 0 Å². The summed E-state index contributed by atoms with van der Waals surface area (Å²) >= 11 is 0. The highest BCUT2D eigenvalue weighted by molar-refractivity contribution is 4.74. The molecule has 0 heterocycles. The molecule has 9 heavy (non-hydrogen) atoms. The zero-order chi connectivity index (χ0) is 7.28. The normalized spacial score (nSPS) is 14.3. The van der Waals surface area contributed by atoms with Crippen molar-refractivity contribution in [1.29, 1.82) is 0 Å². The molecule has 55 valence electrons. The quantitative estimate of drug-likeness (QED) is 0.543. The predicted octanol–water partition coefficient (Wildman–Crippen LogP) is 3.28. The van der Waals surface area contributed by atoms with Gasteiger partial charge < -0.3 is 0 Å². The molecule has 0 aromatic rings. The summed E-state index contributed by atoms with van der Waals surface area (Å²) in [5.41, 5.74) is 0. The molecule has 0 nitrogen and oxygen atoms in total. The molecule has 0 aliphatic heterocycles. The van der Waals surface area contributed by atoms with Crippen LogP contribution in [0.3, 0.4) is 0 Å². The molecular formula is C9H19. The van der Waals surface area contributed by atoms with E-state index in [-0.39, 0.29) is 0 Å². The zero-order valence-electron chi connectivity index (χ0n) is 7.15. The summed E-state index contributed by atoms with van der Waals surface area (Å²) in [6, 6.07) is 0. The van der Waals surface area contributed by atoms with E-state index >= 15 is 0 Å². The van der Waals surface area contributed by atoms with Crippen molar-refractivity contribution in [2.24, 2.45) is 11.8 Å². The Morgan fingerprint density at radius 3 is 1.89 bits per heavy atom. The van der Waals surface area contributed by atoms with Crippen LogP contribution >= 0.6 is 0 Å². The summed E-state index contributed by atoms with van der Waals surface area (Å²) in [5, 5.41) is 0. The summed E-state index contributed by atoms with van der Waals surface area (Å²) in [5.74, 6) is 1.72. The Balaban J connectivity index is 3.50. The second kappa shape index (κ2) is 4.84. The van der Waals surface area contributed by atoms with Gasteiger partial charge in [0, 0.05) is 0 Å². The molecule has 0 spiro atoms. The Hall–Kier alpha value is 0. The summed E-state index contributed by atoms with van der Waals surface area (Å²) in [4.78, 5) is 0. The average Bonchev–Trinajstić information content (AvgIpc) is 1.90. The Morgan fingerprint density at radius 2 is 1.78 bits per heavy atom. The summed E-state index contributed by atoms with van der Waals surface area (Å²) in [7, 11) is 0. The van der Waals surface area contributed by atoms with Crippen molar-refractivity contribution in [2.75, 3.05) is 0 Å². The van der Waals surface area contributed by atoms with Gasteiger partial charge in [0.05, 0.1) is 0 Å². The molecule has 0 aliphatic rings. The van der Waals surface area contributed by atoms with Gasteiger partial charge in [-0.05, 0) is 18.3 Å². The Morgan fingerprint density at radius 1 is 1.22 bits per heavy atom. The van der Waals surface area contributed by atoms with E-state index in [0.29, 0.717) is 0 Å². The standard InChI is InChI=1S/C9H19/c1-5-8(4)9(6-2)7-3/h6,8-9H,5,7H2,1-4H3. The highest BCUT2D eigenvalue weighted by atomic mass is 14.2. The molecule has 0 aromatic carbocycles. The van der Waals surface area contributed by atoms with Crippen LogP contribution in [0.1, 0.15) is 40.5 Å². The van der Waals surface area contributed by atoms with Gasteiger partial charge in [-0.25, -0.2) is 0 Å². The number of rotatable bonds is 4. The third-order valence-corrected chi connectivity index (χ3v) is 2.27. The molecule has 2 atom stereocenters. The van der Waals surface area contributed by atoms with Crippen molar-refractivity contribution in [1.82, 2.24) is 0 Å². The molecule has 0 aliphatic carbocycles. The third kappa shape index (κ3) is 2.88. The van der Waals surface area contributed by atoms with Crippen LogP contribution in [0.5, 0.6) is 0 Å². The molecule has 0 amide bonds. The van der Waals surface area contributed by atoms with Gasteiger partial charge in [0.1, 0.15) is 0 Å². The van der Waals surface area contributed by atoms with E-state index in [1.807, 2.05) is 0 Å². The van der Waals surface area contributed by atoms with Crippen LogP contribution in [0.15, 0.2) is 0 Å². The van der Waals surface area contributed by atoms with Gasteiger partial charge in [-0.2, -0.15) is 0 Å². The second-order valence-corrected chi connectivity index (χ2v) is 2.79. The molecular weight excluding hydrogens is 108 g/mol. The number of hydrogen-bond donors (Lipinski definition) is 0. The van der Waals surface area contributed by atoms with Gasteiger partial charge >= 0.3 is 0 Å². The lowest BCUT2D eigenvalue weighted by atomic mass is 9.88. The van der Waals surface area contributed by atoms with Gasteiger partial charge in [-0.15, -0.1) is 0 Å². The smallest absolute Gasteiger partial charge is 0.0363 e. The first-order chi connectivity index (χ1) is 4.26. The first kappa shape index (κ1) is 9.00. The van der Waals surface area contributed by atoms with E-state index in [1.54, 1.807) is 0 Å². The molecule has 0 bridgehead atoms. The molecule has 0 N–H and O–H groups in total. The molecule has 1 radical (unpaired) electrons. The van der Waals surface area contributed by atoms with Crippen molar-refractivity contribution in [3.05, 3.63) is 6.42 Å². The lowest BCUT2D eigenvalue weighted by molar-refractivity contribution is 0.383. The van der Waals surface area contributed by atoms with Crippen LogP contribution < -0.4 is 0 Å². The van der Waals surface area contributed by atoms with Crippen molar-refractivity contribution in [2.45, 2.75) is 40.5 Å². The average molecular weight is 127 g/mol. The summed E-state index contributed by atoms with van der Waals surface area (Å²) in [6.07, 6.45) is 4.93. The van der Waals surface area contributed by atoms with Crippen molar-refractivity contribution >= 4 is 0 Å². The minimum atomic E-state index is 0.843. The molecule has 2 unspecified atom stereocenters. The van der Waals surface area contributed by atoms with E-state index in [4.69, 9.17) is 0 Å². The lowest BCUT2D eigenvalue weighted by Gasteiger charge is -2.18. The van der Waals surface area contributed by atoms with Gasteiger partial charge in [0.25, 0.3) is 0 Å². The van der Waals surface area contributed by atoms with E-state index < -0.39 is 0 Å². The molecule has 0 rings (SSSR count). The van der Waals surface area contributed by atoms with Gasteiger partial charge in [0.2, 0.25) is 0 Å². The summed E-state index contributed by atoms with van der Waals surface area (Å²) < 4.78 is 0. The first-order valence-corrected chi connectivity index (χ1v) is 4.05. The predicted molar refractivity (Wildman–Crippen MR) is 43.2 cm³/mol. The molecule has 0 fully saturated rings. The minimum absolute atomic E-state index is 0.843. The maximum Gasteiger partial charge on any atom is -0.0363 e. The van der Waals surface area contributed by atoms with Crippen LogP contribution in [0.2, 0.25) is 0 Å². The fraction of sp³-hybridized carbons (Fsp3) is 0.889. The van der Waals surface area contributed by atoms with Gasteiger partial charge in [-0.1, -0.05) is 40.5 Å². The van der Waals surface area contributed by atoms with Gasteiger partial charge in [-0.3, -0.25) is 0 Å². The van der Waals surface area contributed by atoms with Crippen LogP contribution in [0.25, 0.3) is 0 Å². The maximum absolute atomic E-state index is 2.33. The highest BCUT2D eigenvalue weighted by Gasteiger charge is 2.10. The fourth-order valence-electron chi connectivity index (χ4n) is 1.27. The van der Waals surface area contributed by atoms with E-state index in [0.717, 1.165) is 11.8 Å². The van der Waals surface area contributed by atoms with E-state index in [2.05, 4.69) is 34.1 Å². The number of hydrogen-bond acceptors (Lipinski definition) is 0. The first-order valence-electron chi connectivity index (χ1n) is 4.05.